The first kappa shape index (κ1) is 48.8. The molecule has 18 heteroatoms. The van der Waals surface area contributed by atoms with Gasteiger partial charge in [-0.3, -0.25) is 19.2 Å². The van der Waals surface area contributed by atoms with Crippen LogP contribution in [0.3, 0.4) is 0 Å². The number of unbranched alkanes of at least 4 members (excludes halogenated alkanes) is 2. The van der Waals surface area contributed by atoms with E-state index in [9.17, 15) is 42.3 Å². The summed E-state index contributed by atoms with van der Waals surface area (Å²) >= 11 is 0. The number of aryl methyl sites for hydroxylation is 1. The quantitative estimate of drug-likeness (QED) is 0.0723. The minimum absolute atomic E-state index is 0.00882. The lowest BCUT2D eigenvalue weighted by Gasteiger charge is -2.29. The highest BCUT2D eigenvalue weighted by Gasteiger charge is 2.45. The van der Waals surface area contributed by atoms with Crippen molar-refractivity contribution in [1.82, 2.24) is 25.2 Å². The van der Waals surface area contributed by atoms with Crippen LogP contribution < -0.4 is 32.3 Å². The van der Waals surface area contributed by atoms with Crippen LogP contribution in [0, 0.1) is 12.8 Å². The van der Waals surface area contributed by atoms with Crippen LogP contribution >= 0.6 is 0 Å². The summed E-state index contributed by atoms with van der Waals surface area (Å²) in [7, 11) is -2.71. The van der Waals surface area contributed by atoms with Gasteiger partial charge in [0.05, 0.1) is 11.3 Å². The van der Waals surface area contributed by atoms with Gasteiger partial charge in [-0.2, -0.15) is 4.31 Å². The molecular formula is C44H60N8O9S. The number of urea groups is 1. The van der Waals surface area contributed by atoms with Crippen molar-refractivity contribution in [3.63, 3.8) is 0 Å². The highest BCUT2D eigenvalue weighted by molar-refractivity contribution is 7.89. The van der Waals surface area contributed by atoms with E-state index in [1.165, 1.54) is 24.1 Å². The molecule has 17 nitrogen and oxygen atoms in total. The van der Waals surface area contributed by atoms with Gasteiger partial charge in [-0.25, -0.2) is 18.0 Å². The summed E-state index contributed by atoms with van der Waals surface area (Å²) in [6, 6.07) is 16.8. The fourth-order valence-corrected chi connectivity index (χ4v) is 8.76. The molecule has 0 aromatic heterocycles. The molecule has 336 valence electrons. The topological polar surface area (TPSA) is 249 Å². The molecule has 3 aromatic carbocycles. The maximum Gasteiger partial charge on any atom is 0.326 e. The van der Waals surface area contributed by atoms with Crippen LogP contribution in [0.15, 0.2) is 83.8 Å². The van der Waals surface area contributed by atoms with E-state index >= 15 is 0 Å². The third kappa shape index (κ3) is 14.4. The van der Waals surface area contributed by atoms with Crippen LogP contribution in [0.5, 0.6) is 0 Å². The molecule has 62 heavy (non-hydrogen) atoms. The molecule has 6 amide bonds. The summed E-state index contributed by atoms with van der Waals surface area (Å²) in [4.78, 5) is 79.7. The number of nitrogens with two attached hydrogens (primary N) is 1. The van der Waals surface area contributed by atoms with Gasteiger partial charge in [0.1, 0.15) is 18.1 Å². The number of anilines is 2. The normalized spacial score (nSPS) is 16.2. The summed E-state index contributed by atoms with van der Waals surface area (Å²) < 4.78 is 28.5. The highest BCUT2D eigenvalue weighted by Crippen LogP contribution is 2.27. The lowest BCUT2D eigenvalue weighted by molar-refractivity contribution is -0.142. The van der Waals surface area contributed by atoms with Crippen LogP contribution in [0.4, 0.5) is 16.2 Å². The predicted molar refractivity (Wildman–Crippen MR) is 235 cm³/mol. The minimum atomic E-state index is -4.23. The van der Waals surface area contributed by atoms with Crippen LogP contribution in [-0.4, -0.2) is 109 Å². The number of carbonyl (C=O) groups excluding carboxylic acids is 5. The second-order valence-corrected chi connectivity index (χ2v) is 17.8. The Morgan fingerprint density at radius 3 is 2.23 bits per heavy atom. The molecule has 1 fully saturated rings. The van der Waals surface area contributed by atoms with Gasteiger partial charge >= 0.3 is 12.0 Å². The number of amides is 6. The van der Waals surface area contributed by atoms with Crippen molar-refractivity contribution >= 4 is 57.0 Å². The SMILES string of the molecule is Cc1ccccc1NC(=O)Nc1ccc(CC(=O)N(C)[C@@H](CC(C)C)C(=O)NCC[C@H](NC(=O)[C@@H]2C[C@H](NC(=O)CCCCCN)CN2S(=O)(=O)c2ccccc2)C(=O)O)cc1. The first-order chi connectivity index (χ1) is 29.5. The first-order valence-electron chi connectivity index (χ1n) is 20.9. The van der Waals surface area contributed by atoms with Crippen LogP contribution in [-0.2, 0) is 40.4 Å². The average Bonchev–Trinajstić information content (AvgIpc) is 3.67. The number of carboxylic acids is 1. The van der Waals surface area contributed by atoms with Gasteiger partial charge < -0.3 is 42.3 Å². The second kappa shape index (κ2) is 23.4. The molecule has 1 saturated heterocycles. The highest BCUT2D eigenvalue weighted by atomic mass is 32.2. The number of para-hydroxylation sites is 1. The molecule has 1 aliphatic heterocycles. The molecule has 4 atom stereocenters. The second-order valence-electron chi connectivity index (χ2n) is 15.9. The molecule has 1 heterocycles. The number of carbonyl (C=O) groups is 6. The number of nitrogens with zero attached hydrogens (tertiary/aromatic N) is 2. The Morgan fingerprint density at radius 1 is 0.903 bits per heavy atom. The fourth-order valence-electron chi connectivity index (χ4n) is 7.10. The van der Waals surface area contributed by atoms with Crippen LogP contribution in [0.2, 0.25) is 0 Å². The van der Waals surface area contributed by atoms with E-state index in [-0.39, 0.29) is 61.4 Å². The number of rotatable bonds is 22. The van der Waals surface area contributed by atoms with E-state index in [0.717, 1.165) is 22.7 Å². The van der Waals surface area contributed by atoms with Crippen molar-refractivity contribution in [3.8, 4) is 0 Å². The van der Waals surface area contributed by atoms with E-state index in [1.807, 2.05) is 39.0 Å². The molecule has 0 spiro atoms. The third-order valence-corrected chi connectivity index (χ3v) is 12.4. The van der Waals surface area contributed by atoms with E-state index in [2.05, 4.69) is 26.6 Å². The van der Waals surface area contributed by atoms with Crippen molar-refractivity contribution < 1.29 is 42.3 Å². The number of hydrogen-bond acceptors (Lipinski definition) is 9. The molecule has 3 aromatic rings. The maximum absolute atomic E-state index is 13.8. The number of benzene rings is 3. The lowest BCUT2D eigenvalue weighted by atomic mass is 10.0. The van der Waals surface area contributed by atoms with Crippen molar-refractivity contribution in [2.24, 2.45) is 11.7 Å². The average molecular weight is 877 g/mol. The molecule has 0 radical (unpaired) electrons. The molecule has 0 aliphatic carbocycles. The van der Waals surface area contributed by atoms with Gasteiger partial charge in [0.25, 0.3) is 0 Å². The van der Waals surface area contributed by atoms with Crippen molar-refractivity contribution in [3.05, 3.63) is 90.0 Å². The number of aliphatic carboxylic acids is 1. The zero-order chi connectivity index (χ0) is 45.4. The molecule has 1 aliphatic rings. The molecule has 0 unspecified atom stereocenters. The largest absolute Gasteiger partial charge is 0.480 e. The van der Waals surface area contributed by atoms with E-state index < -0.39 is 58.0 Å². The number of hydrogen-bond donors (Lipinski definition) is 7. The van der Waals surface area contributed by atoms with Gasteiger partial charge in [0, 0.05) is 44.0 Å². The molecule has 0 saturated carbocycles. The Labute approximate surface area is 363 Å². The van der Waals surface area contributed by atoms with Crippen molar-refractivity contribution in [2.45, 2.75) is 101 Å². The number of likely N-dealkylation sites (N-methyl/N-ethyl adjacent to an activating group) is 1. The van der Waals surface area contributed by atoms with E-state index in [1.54, 1.807) is 48.5 Å². The Hall–Kier alpha value is -5.85. The summed E-state index contributed by atoms with van der Waals surface area (Å²) in [6.45, 7) is 5.81. The predicted octanol–water partition coefficient (Wildman–Crippen LogP) is 3.60. The summed E-state index contributed by atoms with van der Waals surface area (Å²) in [5.41, 5.74) is 8.30. The standard InChI is InChI=1S/C44H60N8O9S/c1-29(2)25-37(51(4)40(54)26-31-18-20-32(21-19-31)48-44(59)50-35-16-11-10-13-30(35)3)41(55)46-24-22-36(43(57)58)49-42(56)38-27-33(47-39(53)17-9-6-12-23-45)28-52(38)62(60,61)34-14-7-5-8-15-34/h5,7-8,10-11,13-16,18-21,29,33,36-38H,6,9,12,17,22-28,45H2,1-4H3,(H,46,55)(H,47,53)(H,49,56)(H,57,58)(H2,48,50,59)/t33-,36-,37-,38-/m0/s1. The smallest absolute Gasteiger partial charge is 0.326 e. The van der Waals surface area contributed by atoms with Gasteiger partial charge in [0.2, 0.25) is 33.7 Å². The van der Waals surface area contributed by atoms with Crippen LogP contribution in [0.1, 0.15) is 69.9 Å². The van der Waals surface area contributed by atoms with Crippen LogP contribution in [0.25, 0.3) is 0 Å². The zero-order valence-electron chi connectivity index (χ0n) is 35.8. The third-order valence-electron chi connectivity index (χ3n) is 10.5. The number of nitrogens with one attached hydrogen (secondary N) is 5. The van der Waals surface area contributed by atoms with Crippen molar-refractivity contribution in [1.29, 1.82) is 0 Å². The van der Waals surface area contributed by atoms with Gasteiger partial charge in [-0.15, -0.1) is 0 Å². The van der Waals surface area contributed by atoms with Crippen molar-refractivity contribution in [2.75, 3.05) is 37.3 Å². The Bertz CT molecular complexity index is 2120. The Kier molecular flexibility index (Phi) is 18.4. The summed E-state index contributed by atoms with van der Waals surface area (Å²) in [5, 5.41) is 23.6. The number of sulfonamides is 1. The zero-order valence-corrected chi connectivity index (χ0v) is 36.6. The first-order valence-corrected chi connectivity index (χ1v) is 22.3. The molecular weight excluding hydrogens is 817 g/mol. The minimum Gasteiger partial charge on any atom is -0.480 e. The van der Waals surface area contributed by atoms with Gasteiger partial charge in [-0.1, -0.05) is 68.8 Å². The Balaban J connectivity index is 1.35. The van der Waals surface area contributed by atoms with Gasteiger partial charge in [-0.05, 0) is 92.9 Å². The monoisotopic (exact) mass is 876 g/mol. The molecule has 0 bridgehead atoms. The fraction of sp³-hybridized carbons (Fsp3) is 0.455. The molecule has 4 rings (SSSR count). The summed E-state index contributed by atoms with van der Waals surface area (Å²) in [5.74, 6) is -3.40. The van der Waals surface area contributed by atoms with E-state index in [4.69, 9.17) is 5.73 Å². The van der Waals surface area contributed by atoms with Gasteiger partial charge in [0.15, 0.2) is 0 Å². The Morgan fingerprint density at radius 2 is 1.58 bits per heavy atom. The summed E-state index contributed by atoms with van der Waals surface area (Å²) in [6.07, 6.45) is 2.27. The van der Waals surface area contributed by atoms with E-state index in [0.29, 0.717) is 36.3 Å². The maximum atomic E-state index is 13.8. The lowest BCUT2D eigenvalue weighted by Crippen LogP contribution is -2.52. The number of carboxylic acid groups (broad SMARTS) is 1. The molecule has 8 N–H and O–H groups in total.